The lowest BCUT2D eigenvalue weighted by molar-refractivity contribution is -0.0377. The molecule has 4 heterocycles. The highest BCUT2D eigenvalue weighted by Gasteiger charge is 2.48. The maximum Gasteiger partial charge on any atom is 0.261 e. The maximum atomic E-state index is 12.9. The van der Waals surface area contributed by atoms with E-state index in [1.54, 1.807) is 7.11 Å². The van der Waals surface area contributed by atoms with E-state index in [1.807, 2.05) is 18.2 Å². The van der Waals surface area contributed by atoms with Crippen LogP contribution in [-0.2, 0) is 0 Å². The molecule has 0 radical (unpaired) electrons. The summed E-state index contributed by atoms with van der Waals surface area (Å²) in [5.74, 6) is 1.21. The van der Waals surface area contributed by atoms with Crippen LogP contribution in [0.15, 0.2) is 18.2 Å². The van der Waals surface area contributed by atoms with Crippen molar-refractivity contribution in [3.63, 3.8) is 0 Å². The Hall–Kier alpha value is -1.01. The molecule has 2 aromatic rings. The third-order valence-corrected chi connectivity index (χ3v) is 7.56. The first-order chi connectivity index (χ1) is 11.9. The Morgan fingerprint density at radius 1 is 1.35 bits per heavy atom. The highest BCUT2D eigenvalue weighted by Crippen LogP contribution is 2.40. The average Bonchev–Trinajstić information content (AvgIpc) is 3.04. The highest BCUT2D eigenvalue weighted by atomic mass is 35.5. The third-order valence-electron chi connectivity index (χ3n) is 5.91. The third kappa shape index (κ3) is 3.09. The second-order valence-electron chi connectivity index (χ2n) is 7.54. The summed E-state index contributed by atoms with van der Waals surface area (Å²) >= 11 is 7.83. The molecule has 3 aliphatic heterocycles. The molecule has 1 aromatic heterocycles. The number of carbonyl (C=O) groups is 1. The number of amides is 1. The Kier molecular flexibility index (Phi) is 5.46. The van der Waals surface area contributed by atoms with Crippen LogP contribution in [0.3, 0.4) is 0 Å². The van der Waals surface area contributed by atoms with Gasteiger partial charge in [0.05, 0.1) is 16.7 Å². The zero-order valence-corrected chi connectivity index (χ0v) is 17.6. The van der Waals surface area contributed by atoms with Crippen molar-refractivity contribution in [2.75, 3.05) is 20.2 Å². The molecule has 3 fully saturated rings. The number of ether oxygens (including phenoxy) is 1. The molecule has 1 N–H and O–H groups in total. The van der Waals surface area contributed by atoms with Crippen LogP contribution in [0.4, 0.5) is 0 Å². The molecule has 26 heavy (non-hydrogen) atoms. The summed E-state index contributed by atoms with van der Waals surface area (Å²) in [5, 5.41) is 4.88. The molecular formula is C19H24Cl2N2O2S. The van der Waals surface area contributed by atoms with Gasteiger partial charge in [0, 0.05) is 11.6 Å². The summed E-state index contributed by atoms with van der Waals surface area (Å²) in [4.78, 5) is 16.1. The number of hydrogen-bond acceptors (Lipinski definition) is 4. The zero-order chi connectivity index (χ0) is 17.8. The summed E-state index contributed by atoms with van der Waals surface area (Å²) in [6.07, 6.45) is 2.34. The first-order valence-electron chi connectivity index (χ1n) is 8.74. The monoisotopic (exact) mass is 414 g/mol. The molecule has 3 aliphatic rings. The number of piperidine rings is 3. The van der Waals surface area contributed by atoms with Gasteiger partial charge in [0.2, 0.25) is 0 Å². The van der Waals surface area contributed by atoms with Gasteiger partial charge < -0.3 is 10.1 Å². The number of fused-ring (bicyclic) bond motifs is 4. The van der Waals surface area contributed by atoms with Crippen LogP contribution >= 0.6 is 35.3 Å². The number of halogens is 2. The van der Waals surface area contributed by atoms with Gasteiger partial charge in [0.15, 0.2) is 0 Å². The van der Waals surface area contributed by atoms with Crippen LogP contribution in [-0.4, -0.2) is 42.6 Å². The quantitative estimate of drug-likeness (QED) is 0.798. The maximum absolute atomic E-state index is 12.9. The number of carbonyl (C=O) groups excluding carboxylic acids is 1. The van der Waals surface area contributed by atoms with Crippen molar-refractivity contribution in [2.45, 2.75) is 38.3 Å². The van der Waals surface area contributed by atoms with E-state index < -0.39 is 0 Å². The van der Waals surface area contributed by atoms with Crippen molar-refractivity contribution >= 4 is 51.3 Å². The van der Waals surface area contributed by atoms with Gasteiger partial charge >= 0.3 is 0 Å². The van der Waals surface area contributed by atoms with Gasteiger partial charge in [-0.05, 0) is 69.3 Å². The lowest BCUT2D eigenvalue weighted by atomic mass is 9.72. The first kappa shape index (κ1) is 19.7. The van der Waals surface area contributed by atoms with Crippen LogP contribution in [0.1, 0.15) is 36.4 Å². The van der Waals surface area contributed by atoms with Crippen molar-refractivity contribution in [3.05, 3.63) is 28.1 Å². The summed E-state index contributed by atoms with van der Waals surface area (Å²) in [7, 11) is 1.60. The topological polar surface area (TPSA) is 41.6 Å². The van der Waals surface area contributed by atoms with Crippen molar-refractivity contribution < 1.29 is 9.53 Å². The van der Waals surface area contributed by atoms with Gasteiger partial charge in [-0.15, -0.1) is 23.7 Å². The molecular weight excluding hydrogens is 391 g/mol. The van der Waals surface area contributed by atoms with Crippen molar-refractivity contribution in [2.24, 2.45) is 5.92 Å². The molecule has 1 atom stereocenters. The van der Waals surface area contributed by atoms with Crippen LogP contribution in [0.2, 0.25) is 5.02 Å². The molecule has 4 nitrogen and oxygen atoms in total. The van der Waals surface area contributed by atoms with Gasteiger partial charge in [0.1, 0.15) is 10.8 Å². The molecule has 7 heteroatoms. The van der Waals surface area contributed by atoms with E-state index in [9.17, 15) is 4.79 Å². The molecule has 3 saturated heterocycles. The van der Waals surface area contributed by atoms with Crippen molar-refractivity contribution in [3.8, 4) is 5.75 Å². The van der Waals surface area contributed by atoms with E-state index in [4.69, 9.17) is 16.3 Å². The van der Waals surface area contributed by atoms with E-state index in [1.165, 1.54) is 24.2 Å². The fraction of sp³-hybridized carbons (Fsp3) is 0.526. The highest BCUT2D eigenvalue weighted by molar-refractivity contribution is 7.21. The smallest absolute Gasteiger partial charge is 0.261 e. The molecule has 0 spiro atoms. The van der Waals surface area contributed by atoms with Gasteiger partial charge in [-0.1, -0.05) is 11.6 Å². The molecule has 1 aromatic carbocycles. The molecule has 1 unspecified atom stereocenters. The number of thiophene rings is 1. The Labute approximate surface area is 169 Å². The standard InChI is InChI=1S/C19H23ClN2O2S.ClH/c1-19(2)17(11-6-8-22(19)9-7-11)21-18(23)14-10-12-4-5-13(24-3)15(20)16(12)25-14;/h4-5,10-11,17H,6-9H2,1-3H3,(H,21,23);1H. The minimum atomic E-state index is 0. The van der Waals surface area contributed by atoms with Crippen LogP contribution in [0.25, 0.3) is 10.1 Å². The predicted octanol–water partition coefficient (Wildman–Crippen LogP) is 4.59. The summed E-state index contributed by atoms with van der Waals surface area (Å²) in [6, 6.07) is 5.91. The molecule has 2 bridgehead atoms. The van der Waals surface area contributed by atoms with Gasteiger partial charge in [-0.25, -0.2) is 0 Å². The predicted molar refractivity (Wildman–Crippen MR) is 110 cm³/mol. The Morgan fingerprint density at radius 3 is 2.65 bits per heavy atom. The van der Waals surface area contributed by atoms with Gasteiger partial charge in [0.25, 0.3) is 5.91 Å². The molecule has 5 rings (SSSR count). The molecule has 1 amide bonds. The average molecular weight is 415 g/mol. The van der Waals surface area contributed by atoms with Crippen molar-refractivity contribution in [1.29, 1.82) is 0 Å². The number of rotatable bonds is 3. The van der Waals surface area contributed by atoms with Crippen LogP contribution < -0.4 is 10.1 Å². The Balaban J connectivity index is 0.00000196. The number of nitrogens with zero attached hydrogens (tertiary/aromatic N) is 1. The normalized spacial score (nSPS) is 26.4. The van der Waals surface area contributed by atoms with E-state index in [-0.39, 0.29) is 29.9 Å². The fourth-order valence-electron chi connectivity index (χ4n) is 4.41. The fourth-order valence-corrected chi connectivity index (χ4v) is 5.77. The second-order valence-corrected chi connectivity index (χ2v) is 8.97. The number of benzene rings is 1. The minimum Gasteiger partial charge on any atom is -0.495 e. The van der Waals surface area contributed by atoms with E-state index >= 15 is 0 Å². The Morgan fingerprint density at radius 2 is 2.04 bits per heavy atom. The lowest BCUT2D eigenvalue weighted by Crippen LogP contribution is -2.69. The lowest BCUT2D eigenvalue weighted by Gasteiger charge is -2.56. The molecule has 0 saturated carbocycles. The van der Waals surface area contributed by atoms with E-state index in [0.29, 0.717) is 21.6 Å². The van der Waals surface area contributed by atoms with Crippen molar-refractivity contribution in [1.82, 2.24) is 10.2 Å². The summed E-state index contributed by atoms with van der Waals surface area (Å²) in [6.45, 7) is 6.77. The first-order valence-corrected chi connectivity index (χ1v) is 9.93. The van der Waals surface area contributed by atoms with Crippen LogP contribution in [0, 0.1) is 5.92 Å². The van der Waals surface area contributed by atoms with Crippen LogP contribution in [0.5, 0.6) is 5.75 Å². The van der Waals surface area contributed by atoms with E-state index in [2.05, 4.69) is 24.1 Å². The summed E-state index contributed by atoms with van der Waals surface area (Å²) < 4.78 is 6.18. The SMILES string of the molecule is COc1ccc2cc(C(=O)NC3C4CCN(CC4)C3(C)C)sc2c1Cl.Cl. The zero-order valence-electron chi connectivity index (χ0n) is 15.2. The largest absolute Gasteiger partial charge is 0.495 e. The number of methoxy groups -OCH3 is 1. The Bertz CT molecular complexity index is 828. The van der Waals surface area contributed by atoms with Gasteiger partial charge in [-0.2, -0.15) is 0 Å². The summed E-state index contributed by atoms with van der Waals surface area (Å²) in [5.41, 5.74) is 0.00831. The van der Waals surface area contributed by atoms with E-state index in [0.717, 1.165) is 23.2 Å². The van der Waals surface area contributed by atoms with Gasteiger partial charge in [-0.3, -0.25) is 9.69 Å². The molecule has 0 aliphatic carbocycles. The minimum absolute atomic E-state index is 0. The number of hydrogen-bond donors (Lipinski definition) is 1. The molecule has 142 valence electrons. The second kappa shape index (κ2) is 7.19. The number of nitrogens with one attached hydrogen (secondary N) is 1.